The van der Waals surface area contributed by atoms with E-state index >= 15 is 0 Å². The lowest BCUT2D eigenvalue weighted by atomic mass is 10.3. The highest BCUT2D eigenvalue weighted by atomic mass is 35.5. The minimum Gasteiger partial charge on any atom is -0.485 e. The fraction of sp³-hybridized carbons (Fsp3) is 0.444. The van der Waals surface area contributed by atoms with Crippen LogP contribution in [0.2, 0.25) is 10.0 Å². The van der Waals surface area contributed by atoms with Gasteiger partial charge in [-0.15, -0.1) is 11.3 Å². The molecular formula is C18H23Cl2N3O3S. The summed E-state index contributed by atoms with van der Waals surface area (Å²) in [4.78, 5) is 18.6. The Morgan fingerprint density at radius 3 is 2.85 bits per heavy atom. The summed E-state index contributed by atoms with van der Waals surface area (Å²) >= 11 is 13.5. The third-order valence-corrected chi connectivity index (χ3v) is 4.88. The smallest absolute Gasteiger partial charge is 0.318 e. The van der Waals surface area contributed by atoms with E-state index in [-0.39, 0.29) is 18.7 Å². The van der Waals surface area contributed by atoms with Crippen molar-refractivity contribution in [3.63, 3.8) is 0 Å². The van der Waals surface area contributed by atoms with Gasteiger partial charge in [0, 0.05) is 36.2 Å². The Morgan fingerprint density at radius 1 is 1.37 bits per heavy atom. The summed E-state index contributed by atoms with van der Waals surface area (Å²) in [6, 6.07) is 4.98. The molecule has 1 N–H and O–H groups in total. The van der Waals surface area contributed by atoms with Gasteiger partial charge in [0.05, 0.1) is 23.9 Å². The summed E-state index contributed by atoms with van der Waals surface area (Å²) in [6.07, 6.45) is 0. The summed E-state index contributed by atoms with van der Waals surface area (Å²) in [6.45, 7) is 5.46. The van der Waals surface area contributed by atoms with Crippen molar-refractivity contribution in [3.8, 4) is 5.75 Å². The van der Waals surface area contributed by atoms with Crippen molar-refractivity contribution < 1.29 is 14.3 Å². The molecule has 0 saturated carbocycles. The monoisotopic (exact) mass is 431 g/mol. The lowest BCUT2D eigenvalue weighted by Gasteiger charge is -2.23. The van der Waals surface area contributed by atoms with Gasteiger partial charge in [0.15, 0.2) is 0 Å². The number of amides is 2. The zero-order valence-electron chi connectivity index (χ0n) is 15.5. The number of benzene rings is 1. The van der Waals surface area contributed by atoms with Crippen molar-refractivity contribution in [2.24, 2.45) is 0 Å². The number of nitrogens with zero attached hydrogens (tertiary/aromatic N) is 2. The zero-order chi connectivity index (χ0) is 19.8. The quantitative estimate of drug-likeness (QED) is 0.629. The van der Waals surface area contributed by atoms with Gasteiger partial charge in [0.1, 0.15) is 17.4 Å². The minimum absolute atomic E-state index is 0.0596. The van der Waals surface area contributed by atoms with Crippen LogP contribution in [0.5, 0.6) is 5.75 Å². The van der Waals surface area contributed by atoms with Gasteiger partial charge in [0.25, 0.3) is 0 Å². The predicted molar refractivity (Wildman–Crippen MR) is 109 cm³/mol. The lowest BCUT2D eigenvalue weighted by Crippen LogP contribution is -2.44. The minimum atomic E-state index is -0.140. The lowest BCUT2D eigenvalue weighted by molar-refractivity contribution is 0.145. The van der Waals surface area contributed by atoms with Crippen molar-refractivity contribution in [3.05, 3.63) is 44.3 Å². The molecular weight excluding hydrogens is 409 g/mol. The molecule has 0 spiro atoms. The van der Waals surface area contributed by atoms with E-state index in [4.69, 9.17) is 32.7 Å². The van der Waals surface area contributed by atoms with Crippen LogP contribution < -0.4 is 10.1 Å². The van der Waals surface area contributed by atoms with Gasteiger partial charge in [0.2, 0.25) is 0 Å². The van der Waals surface area contributed by atoms with Crippen molar-refractivity contribution >= 4 is 40.6 Å². The molecule has 0 saturated heterocycles. The molecule has 6 nitrogen and oxygen atoms in total. The predicted octanol–water partition coefficient (Wildman–Crippen LogP) is 4.60. The second-order valence-electron chi connectivity index (χ2n) is 6.11. The van der Waals surface area contributed by atoms with E-state index in [1.165, 1.54) is 11.3 Å². The number of carbonyl (C=O) groups excluding carboxylic acids is 1. The summed E-state index contributed by atoms with van der Waals surface area (Å²) < 4.78 is 10.8. The number of nitrogens with one attached hydrogen (secondary N) is 1. The molecule has 1 aromatic heterocycles. The normalized spacial score (nSPS) is 10.9. The average Bonchev–Trinajstić information content (AvgIpc) is 3.06. The number of rotatable bonds is 9. The SMILES string of the molecule is COCCN(Cc1csc(COc2cc(Cl)ccc2Cl)n1)C(=O)NC(C)C. The maximum atomic E-state index is 12.3. The fourth-order valence-electron chi connectivity index (χ4n) is 2.20. The first-order chi connectivity index (χ1) is 12.9. The van der Waals surface area contributed by atoms with E-state index in [0.29, 0.717) is 35.5 Å². The van der Waals surface area contributed by atoms with Crippen molar-refractivity contribution in [2.75, 3.05) is 20.3 Å². The molecule has 0 bridgehead atoms. The molecule has 27 heavy (non-hydrogen) atoms. The van der Waals surface area contributed by atoms with E-state index in [0.717, 1.165) is 10.7 Å². The molecule has 0 fully saturated rings. The van der Waals surface area contributed by atoms with Gasteiger partial charge in [-0.1, -0.05) is 23.2 Å². The number of hydrogen-bond acceptors (Lipinski definition) is 5. The maximum Gasteiger partial charge on any atom is 0.318 e. The summed E-state index contributed by atoms with van der Waals surface area (Å²) in [7, 11) is 1.61. The Morgan fingerprint density at radius 2 is 2.15 bits per heavy atom. The van der Waals surface area contributed by atoms with Gasteiger partial charge in [-0.2, -0.15) is 0 Å². The second-order valence-corrected chi connectivity index (χ2v) is 7.90. The van der Waals surface area contributed by atoms with E-state index in [2.05, 4.69) is 10.3 Å². The molecule has 0 unspecified atom stereocenters. The number of methoxy groups -OCH3 is 1. The maximum absolute atomic E-state index is 12.3. The van der Waals surface area contributed by atoms with Crippen LogP contribution in [0.3, 0.4) is 0 Å². The zero-order valence-corrected chi connectivity index (χ0v) is 17.8. The van der Waals surface area contributed by atoms with E-state index < -0.39 is 0 Å². The number of hydrogen-bond donors (Lipinski definition) is 1. The molecule has 1 heterocycles. The molecule has 2 rings (SSSR count). The number of thiazole rings is 1. The Labute approximate surface area is 173 Å². The van der Waals surface area contributed by atoms with Gasteiger partial charge in [-0.25, -0.2) is 9.78 Å². The van der Waals surface area contributed by atoms with Gasteiger partial charge >= 0.3 is 6.03 Å². The van der Waals surface area contributed by atoms with Crippen LogP contribution in [0.25, 0.3) is 0 Å². The van der Waals surface area contributed by atoms with Crippen LogP contribution in [0, 0.1) is 0 Å². The Hall–Kier alpha value is -1.54. The number of urea groups is 1. The Kier molecular flexibility index (Phi) is 8.63. The molecule has 0 radical (unpaired) electrons. The number of ether oxygens (including phenoxy) is 2. The molecule has 2 aromatic rings. The first-order valence-corrected chi connectivity index (χ1v) is 10.1. The summed E-state index contributed by atoms with van der Waals surface area (Å²) in [5, 5.41) is 6.65. The van der Waals surface area contributed by atoms with E-state index in [9.17, 15) is 4.79 Å². The van der Waals surface area contributed by atoms with Crippen molar-refractivity contribution in [1.82, 2.24) is 15.2 Å². The van der Waals surface area contributed by atoms with Crippen molar-refractivity contribution in [2.45, 2.75) is 33.0 Å². The average molecular weight is 432 g/mol. The van der Waals surface area contributed by atoms with Crippen LogP contribution in [0.4, 0.5) is 4.79 Å². The molecule has 148 valence electrons. The standard InChI is InChI=1S/C18H23Cl2N3O3S/c1-12(2)21-18(24)23(6-7-25-3)9-14-11-27-17(22-14)10-26-16-8-13(19)4-5-15(16)20/h4-5,8,11-12H,6-7,9-10H2,1-3H3,(H,21,24). The van der Waals surface area contributed by atoms with Crippen molar-refractivity contribution in [1.29, 1.82) is 0 Å². The third kappa shape index (κ3) is 7.18. The van der Waals surface area contributed by atoms with Gasteiger partial charge < -0.3 is 19.7 Å². The van der Waals surface area contributed by atoms with Crippen LogP contribution >= 0.6 is 34.5 Å². The topological polar surface area (TPSA) is 63.7 Å². The Bertz CT molecular complexity index is 755. The van der Waals surface area contributed by atoms with E-state index in [1.54, 1.807) is 30.2 Å². The molecule has 1 aromatic carbocycles. The summed E-state index contributed by atoms with van der Waals surface area (Å²) in [5.74, 6) is 0.513. The number of halogens is 2. The summed E-state index contributed by atoms with van der Waals surface area (Å²) in [5.41, 5.74) is 0.797. The van der Waals surface area contributed by atoms with Crippen LogP contribution in [0.1, 0.15) is 24.5 Å². The van der Waals surface area contributed by atoms with Gasteiger partial charge in [-0.3, -0.25) is 0 Å². The fourth-order valence-corrected chi connectivity index (χ4v) is 3.23. The molecule has 9 heteroatoms. The van der Waals surface area contributed by atoms with Crippen LogP contribution in [-0.4, -0.2) is 42.2 Å². The molecule has 0 aliphatic rings. The van der Waals surface area contributed by atoms with Crippen LogP contribution in [0.15, 0.2) is 23.6 Å². The first kappa shape index (κ1) is 21.8. The molecule has 2 amide bonds. The number of carbonyl (C=O) groups is 1. The molecule has 0 aliphatic heterocycles. The van der Waals surface area contributed by atoms with E-state index in [1.807, 2.05) is 19.2 Å². The highest BCUT2D eigenvalue weighted by Gasteiger charge is 2.16. The largest absolute Gasteiger partial charge is 0.485 e. The molecule has 0 atom stereocenters. The second kappa shape index (κ2) is 10.7. The first-order valence-electron chi connectivity index (χ1n) is 8.44. The highest BCUT2D eigenvalue weighted by molar-refractivity contribution is 7.09. The van der Waals surface area contributed by atoms with Gasteiger partial charge in [-0.05, 0) is 26.0 Å². The molecule has 0 aliphatic carbocycles. The van der Waals surface area contributed by atoms with Crippen LogP contribution in [-0.2, 0) is 17.9 Å². The number of aromatic nitrogens is 1. The Balaban J connectivity index is 1.97. The third-order valence-electron chi connectivity index (χ3n) is 3.46. The highest BCUT2D eigenvalue weighted by Crippen LogP contribution is 2.28.